The van der Waals surface area contributed by atoms with Crippen LogP contribution < -0.4 is 4.90 Å². The summed E-state index contributed by atoms with van der Waals surface area (Å²) in [5.41, 5.74) is 2.50. The van der Waals surface area contributed by atoms with Gasteiger partial charge in [-0.2, -0.15) is 0 Å². The molecule has 4 nitrogen and oxygen atoms in total. The molecule has 0 unspecified atom stereocenters. The van der Waals surface area contributed by atoms with Gasteiger partial charge in [0.05, 0.1) is 6.61 Å². The second-order valence-corrected chi connectivity index (χ2v) is 4.27. The van der Waals surface area contributed by atoms with Gasteiger partial charge >= 0.3 is 0 Å². The lowest BCUT2D eigenvalue weighted by Gasteiger charge is -2.17. The van der Waals surface area contributed by atoms with Crippen molar-refractivity contribution in [1.29, 1.82) is 0 Å². The third kappa shape index (κ3) is 1.73. The van der Waals surface area contributed by atoms with Crippen LogP contribution in [0.3, 0.4) is 0 Å². The minimum absolute atomic E-state index is 0.272. The topological polar surface area (TPSA) is 49.3 Å². The molecule has 0 atom stereocenters. The molecule has 0 bridgehead atoms. The van der Waals surface area contributed by atoms with E-state index in [0.717, 1.165) is 11.1 Å². The SMILES string of the molecule is OCc1ccnc(N2Cc3ccncc3C2)c1F. The first-order chi connectivity index (χ1) is 8.79. The lowest BCUT2D eigenvalue weighted by atomic mass is 10.2. The molecule has 5 heteroatoms. The van der Waals surface area contributed by atoms with Crippen molar-refractivity contribution in [3.05, 3.63) is 53.2 Å². The molecule has 3 heterocycles. The maximum atomic E-state index is 14.1. The number of nitrogens with zero attached hydrogens (tertiary/aromatic N) is 3. The molecule has 92 valence electrons. The summed E-state index contributed by atoms with van der Waals surface area (Å²) in [6, 6.07) is 3.42. The van der Waals surface area contributed by atoms with E-state index in [2.05, 4.69) is 9.97 Å². The summed E-state index contributed by atoms with van der Waals surface area (Å²) < 4.78 is 14.1. The van der Waals surface area contributed by atoms with Crippen LogP contribution in [0.1, 0.15) is 16.7 Å². The van der Waals surface area contributed by atoms with E-state index in [1.807, 2.05) is 11.0 Å². The number of pyridine rings is 2. The van der Waals surface area contributed by atoms with Gasteiger partial charge < -0.3 is 10.0 Å². The predicted octanol–water partition coefficient (Wildman–Crippen LogP) is 1.63. The van der Waals surface area contributed by atoms with Gasteiger partial charge in [0.2, 0.25) is 0 Å². The fourth-order valence-electron chi connectivity index (χ4n) is 2.18. The van der Waals surface area contributed by atoms with E-state index in [4.69, 9.17) is 5.11 Å². The van der Waals surface area contributed by atoms with E-state index < -0.39 is 5.82 Å². The van der Waals surface area contributed by atoms with Gasteiger partial charge in [-0.25, -0.2) is 9.37 Å². The summed E-state index contributed by atoms with van der Waals surface area (Å²) in [5, 5.41) is 9.06. The number of aliphatic hydroxyl groups is 1. The van der Waals surface area contributed by atoms with Crippen LogP contribution >= 0.6 is 0 Å². The van der Waals surface area contributed by atoms with Crippen LogP contribution in [0.4, 0.5) is 10.2 Å². The molecular weight excluding hydrogens is 233 g/mol. The number of hydrogen-bond donors (Lipinski definition) is 1. The fourth-order valence-corrected chi connectivity index (χ4v) is 2.18. The molecule has 2 aromatic heterocycles. The highest BCUT2D eigenvalue weighted by molar-refractivity contribution is 5.48. The van der Waals surface area contributed by atoms with Gasteiger partial charge in [0.1, 0.15) is 0 Å². The van der Waals surface area contributed by atoms with Gasteiger partial charge in [0.15, 0.2) is 11.6 Å². The van der Waals surface area contributed by atoms with Crippen LogP contribution in [0.5, 0.6) is 0 Å². The fraction of sp³-hybridized carbons (Fsp3) is 0.231. The molecule has 0 spiro atoms. The van der Waals surface area contributed by atoms with E-state index in [1.54, 1.807) is 12.4 Å². The van der Waals surface area contributed by atoms with Gasteiger partial charge in [-0.3, -0.25) is 4.98 Å². The summed E-state index contributed by atoms with van der Waals surface area (Å²) >= 11 is 0. The highest BCUT2D eigenvalue weighted by Crippen LogP contribution is 2.28. The molecule has 2 aromatic rings. The monoisotopic (exact) mass is 245 g/mol. The lowest BCUT2D eigenvalue weighted by molar-refractivity contribution is 0.275. The van der Waals surface area contributed by atoms with Crippen molar-refractivity contribution in [3.8, 4) is 0 Å². The zero-order chi connectivity index (χ0) is 12.5. The number of rotatable bonds is 2. The second-order valence-electron chi connectivity index (χ2n) is 4.27. The summed E-state index contributed by atoms with van der Waals surface area (Å²) in [6.45, 7) is 0.905. The van der Waals surface area contributed by atoms with Crippen LogP contribution in [-0.4, -0.2) is 15.1 Å². The average Bonchev–Trinajstić information content (AvgIpc) is 2.82. The van der Waals surface area contributed by atoms with Crippen LogP contribution in [0.2, 0.25) is 0 Å². The smallest absolute Gasteiger partial charge is 0.171 e. The molecule has 0 radical (unpaired) electrons. The third-order valence-corrected chi connectivity index (χ3v) is 3.15. The highest BCUT2D eigenvalue weighted by Gasteiger charge is 2.23. The lowest BCUT2D eigenvalue weighted by Crippen LogP contribution is -2.18. The van der Waals surface area contributed by atoms with Crippen molar-refractivity contribution in [2.75, 3.05) is 4.90 Å². The van der Waals surface area contributed by atoms with Gasteiger partial charge in [0.25, 0.3) is 0 Å². The molecule has 0 amide bonds. The zero-order valence-electron chi connectivity index (χ0n) is 9.67. The van der Waals surface area contributed by atoms with Crippen LogP contribution in [0, 0.1) is 5.82 Å². The van der Waals surface area contributed by atoms with Gasteiger partial charge in [-0.05, 0) is 23.3 Å². The summed E-state index contributed by atoms with van der Waals surface area (Å²) in [7, 11) is 0. The second kappa shape index (κ2) is 4.34. The first-order valence-corrected chi connectivity index (χ1v) is 5.70. The van der Waals surface area contributed by atoms with Crippen molar-refractivity contribution in [2.24, 2.45) is 0 Å². The van der Waals surface area contributed by atoms with Crippen molar-refractivity contribution in [2.45, 2.75) is 19.7 Å². The van der Waals surface area contributed by atoms with Crippen molar-refractivity contribution < 1.29 is 9.50 Å². The van der Waals surface area contributed by atoms with E-state index in [-0.39, 0.29) is 18.0 Å². The summed E-state index contributed by atoms with van der Waals surface area (Å²) in [6.07, 6.45) is 5.05. The van der Waals surface area contributed by atoms with Crippen LogP contribution in [-0.2, 0) is 19.7 Å². The Morgan fingerprint density at radius 3 is 2.83 bits per heavy atom. The van der Waals surface area contributed by atoms with Crippen LogP contribution in [0.25, 0.3) is 0 Å². The molecule has 1 aliphatic rings. The maximum Gasteiger partial charge on any atom is 0.171 e. The molecule has 3 rings (SSSR count). The highest BCUT2D eigenvalue weighted by atomic mass is 19.1. The Hall–Kier alpha value is -2.01. The summed E-state index contributed by atoms with van der Waals surface area (Å²) in [4.78, 5) is 9.98. The molecule has 0 fully saturated rings. The number of halogens is 1. The normalized spacial score (nSPS) is 13.8. The number of fused-ring (bicyclic) bond motifs is 1. The first kappa shape index (κ1) is 11.1. The number of aliphatic hydroxyl groups excluding tert-OH is 1. The molecular formula is C13H12FN3O. The van der Waals surface area contributed by atoms with E-state index in [9.17, 15) is 4.39 Å². The standard InChI is InChI=1S/C13H12FN3O/c14-12-10(8-18)2-4-16-13(12)17-6-9-1-3-15-5-11(9)7-17/h1-5,18H,6-8H2. The molecule has 1 aliphatic heterocycles. The van der Waals surface area contributed by atoms with Gasteiger partial charge in [0, 0.05) is 37.2 Å². The Balaban J connectivity index is 1.95. The Bertz CT molecular complexity index is 563. The van der Waals surface area contributed by atoms with E-state index in [0.29, 0.717) is 13.1 Å². The molecule has 1 N–H and O–H groups in total. The molecule has 18 heavy (non-hydrogen) atoms. The minimum atomic E-state index is -0.444. The molecule has 0 aromatic carbocycles. The van der Waals surface area contributed by atoms with Gasteiger partial charge in [-0.15, -0.1) is 0 Å². The van der Waals surface area contributed by atoms with Crippen molar-refractivity contribution in [3.63, 3.8) is 0 Å². The average molecular weight is 245 g/mol. The predicted molar refractivity (Wildman–Crippen MR) is 64.2 cm³/mol. The quantitative estimate of drug-likeness (QED) is 0.873. The summed E-state index contributed by atoms with van der Waals surface area (Å²) in [5.74, 6) is -0.154. The molecule has 0 saturated heterocycles. The molecule has 0 aliphatic carbocycles. The van der Waals surface area contributed by atoms with Crippen molar-refractivity contribution in [1.82, 2.24) is 9.97 Å². The number of anilines is 1. The Kier molecular flexibility index (Phi) is 2.68. The van der Waals surface area contributed by atoms with E-state index in [1.165, 1.54) is 12.3 Å². The molecule has 0 saturated carbocycles. The number of hydrogen-bond acceptors (Lipinski definition) is 4. The number of aromatic nitrogens is 2. The largest absolute Gasteiger partial charge is 0.392 e. The Morgan fingerprint density at radius 2 is 2.06 bits per heavy atom. The van der Waals surface area contributed by atoms with E-state index >= 15 is 0 Å². The van der Waals surface area contributed by atoms with Crippen LogP contribution in [0.15, 0.2) is 30.7 Å². The minimum Gasteiger partial charge on any atom is -0.392 e. The van der Waals surface area contributed by atoms with Gasteiger partial charge in [-0.1, -0.05) is 0 Å². The first-order valence-electron chi connectivity index (χ1n) is 5.70. The third-order valence-electron chi connectivity index (χ3n) is 3.15. The Morgan fingerprint density at radius 1 is 1.22 bits per heavy atom. The van der Waals surface area contributed by atoms with Crippen molar-refractivity contribution >= 4 is 5.82 Å². The zero-order valence-corrected chi connectivity index (χ0v) is 9.67. The Labute approximate surface area is 104 Å². The maximum absolute atomic E-state index is 14.1.